The van der Waals surface area contributed by atoms with Crippen LogP contribution in [-0.2, 0) is 13.1 Å². The summed E-state index contributed by atoms with van der Waals surface area (Å²) in [6, 6.07) is 29.2. The minimum atomic E-state index is 0.247. The van der Waals surface area contributed by atoms with Crippen molar-refractivity contribution < 1.29 is 14.9 Å². The molecule has 0 aliphatic carbocycles. The van der Waals surface area contributed by atoms with Gasteiger partial charge in [-0.2, -0.15) is 0 Å². The molecule has 1 aliphatic heterocycles. The zero-order valence-electron chi connectivity index (χ0n) is 14.9. The highest BCUT2D eigenvalue weighted by atomic mass is 16.3. The summed E-state index contributed by atoms with van der Waals surface area (Å²) in [4.78, 5) is 3.03. The van der Waals surface area contributed by atoms with Crippen LogP contribution >= 0.6 is 0 Å². The Kier molecular flexibility index (Phi) is 5.00. The van der Waals surface area contributed by atoms with E-state index in [1.165, 1.54) is 20.9 Å². The Morgan fingerprint density at radius 2 is 1.12 bits per heavy atom. The van der Waals surface area contributed by atoms with Crippen molar-refractivity contribution in [3.63, 3.8) is 0 Å². The Labute approximate surface area is 155 Å². The van der Waals surface area contributed by atoms with E-state index < -0.39 is 0 Å². The van der Waals surface area contributed by atoms with Gasteiger partial charge in [-0.1, -0.05) is 72.8 Å². The summed E-state index contributed by atoms with van der Waals surface area (Å²) < 4.78 is 0. The van der Waals surface area contributed by atoms with Crippen molar-refractivity contribution in [1.82, 2.24) is 0 Å². The fourth-order valence-electron chi connectivity index (χ4n) is 4.17. The van der Waals surface area contributed by atoms with Crippen LogP contribution < -0.4 is 9.80 Å². The Morgan fingerprint density at radius 1 is 0.654 bits per heavy atom. The molecule has 3 N–H and O–H groups in total. The maximum Gasteiger partial charge on any atom is 0.244 e. The van der Waals surface area contributed by atoms with E-state index in [4.69, 9.17) is 0 Å². The van der Waals surface area contributed by atoms with Crippen LogP contribution in [0.2, 0.25) is 0 Å². The molecule has 0 bridgehead atoms. The Balaban J connectivity index is 1.63. The van der Waals surface area contributed by atoms with Gasteiger partial charge in [0, 0.05) is 11.1 Å². The largest absolute Gasteiger partial charge is 0.507 e. The first-order valence-corrected chi connectivity index (χ1v) is 9.36. The standard InChI is InChI=1S/C23H24N2O/c26-22-14-8-7-13-21(22)23-24(17-19-9-3-1-4-10-19)15-16-25(23)18-20-11-5-2-6-12-20/h1-14,23,26H,15-18H2/p+2. The van der Waals surface area contributed by atoms with Crippen LogP contribution in [0, 0.1) is 0 Å². The first-order valence-electron chi connectivity index (χ1n) is 9.36. The molecule has 1 saturated heterocycles. The Morgan fingerprint density at radius 3 is 1.62 bits per heavy atom. The second-order valence-corrected chi connectivity index (χ2v) is 7.13. The van der Waals surface area contributed by atoms with Crippen molar-refractivity contribution in [2.75, 3.05) is 13.1 Å². The fraction of sp³-hybridized carbons (Fsp3) is 0.217. The SMILES string of the molecule is Oc1ccccc1C1[NH+](Cc2ccccc2)CC[NH+]1Cc1ccccc1. The highest BCUT2D eigenvalue weighted by molar-refractivity contribution is 5.32. The number of aromatic hydroxyl groups is 1. The minimum absolute atomic E-state index is 0.247. The van der Waals surface area contributed by atoms with E-state index >= 15 is 0 Å². The molecule has 2 unspecified atom stereocenters. The van der Waals surface area contributed by atoms with Crippen molar-refractivity contribution in [2.24, 2.45) is 0 Å². The van der Waals surface area contributed by atoms with E-state index in [2.05, 4.69) is 66.7 Å². The van der Waals surface area contributed by atoms with Gasteiger partial charge in [-0.05, 0) is 12.1 Å². The topological polar surface area (TPSA) is 29.1 Å². The number of nitrogens with one attached hydrogen (secondary N) is 2. The maximum atomic E-state index is 10.5. The summed E-state index contributed by atoms with van der Waals surface area (Å²) >= 11 is 0. The average Bonchev–Trinajstić information content (AvgIpc) is 3.06. The van der Waals surface area contributed by atoms with Gasteiger partial charge in [0.1, 0.15) is 37.5 Å². The predicted octanol–water partition coefficient (Wildman–Crippen LogP) is 1.57. The quantitative estimate of drug-likeness (QED) is 0.643. The summed E-state index contributed by atoms with van der Waals surface area (Å²) in [5, 5.41) is 10.5. The fourth-order valence-corrected chi connectivity index (χ4v) is 4.17. The van der Waals surface area contributed by atoms with Crippen LogP contribution in [0.25, 0.3) is 0 Å². The lowest BCUT2D eigenvalue weighted by Crippen LogP contribution is -3.22. The van der Waals surface area contributed by atoms with Crippen molar-refractivity contribution in [3.05, 3.63) is 102 Å². The first kappa shape index (κ1) is 16.8. The van der Waals surface area contributed by atoms with Gasteiger partial charge in [-0.3, -0.25) is 9.80 Å². The molecule has 1 heterocycles. The third-order valence-corrected chi connectivity index (χ3v) is 5.38. The molecular formula is C23H26N2O+2. The lowest BCUT2D eigenvalue weighted by molar-refractivity contribution is -1.09. The van der Waals surface area contributed by atoms with E-state index in [-0.39, 0.29) is 6.17 Å². The highest BCUT2D eigenvalue weighted by Crippen LogP contribution is 2.20. The van der Waals surface area contributed by atoms with Crippen LogP contribution in [0.4, 0.5) is 0 Å². The van der Waals surface area contributed by atoms with Gasteiger partial charge >= 0.3 is 0 Å². The first-order chi connectivity index (χ1) is 12.8. The summed E-state index contributed by atoms with van der Waals surface area (Å²) in [6.45, 7) is 4.18. The van der Waals surface area contributed by atoms with E-state index in [0.717, 1.165) is 31.7 Å². The molecule has 3 nitrogen and oxygen atoms in total. The van der Waals surface area contributed by atoms with Gasteiger partial charge in [0.15, 0.2) is 0 Å². The molecule has 2 atom stereocenters. The molecule has 0 aromatic heterocycles. The summed E-state index contributed by atoms with van der Waals surface area (Å²) in [6.07, 6.45) is 0.247. The van der Waals surface area contributed by atoms with Gasteiger partial charge in [-0.25, -0.2) is 0 Å². The number of benzene rings is 3. The molecule has 0 saturated carbocycles. The van der Waals surface area contributed by atoms with Gasteiger partial charge in [0.2, 0.25) is 6.17 Å². The van der Waals surface area contributed by atoms with Crippen molar-refractivity contribution >= 4 is 0 Å². The number of phenolic OH excluding ortho intramolecular Hbond substituents is 1. The van der Waals surface area contributed by atoms with Crippen molar-refractivity contribution in [1.29, 1.82) is 0 Å². The smallest absolute Gasteiger partial charge is 0.244 e. The maximum absolute atomic E-state index is 10.5. The van der Waals surface area contributed by atoms with Gasteiger partial charge in [0.05, 0.1) is 0 Å². The Hall–Kier alpha value is -2.62. The molecule has 0 amide bonds. The van der Waals surface area contributed by atoms with Crippen LogP contribution in [0.3, 0.4) is 0 Å². The Bertz CT molecular complexity index is 786. The molecule has 1 fully saturated rings. The molecule has 1 aliphatic rings. The van der Waals surface area contributed by atoms with E-state index in [9.17, 15) is 5.11 Å². The zero-order valence-corrected chi connectivity index (χ0v) is 14.9. The normalized spacial score (nSPS) is 22.4. The second kappa shape index (κ2) is 7.73. The van der Waals surface area contributed by atoms with Crippen LogP contribution in [0.5, 0.6) is 5.75 Å². The third kappa shape index (κ3) is 3.64. The molecular weight excluding hydrogens is 320 g/mol. The van der Waals surface area contributed by atoms with E-state index in [1.54, 1.807) is 0 Å². The van der Waals surface area contributed by atoms with Gasteiger partial charge in [0.25, 0.3) is 0 Å². The second-order valence-electron chi connectivity index (χ2n) is 7.13. The lowest BCUT2D eigenvalue weighted by atomic mass is 10.1. The highest BCUT2D eigenvalue weighted by Gasteiger charge is 2.42. The number of hydrogen-bond acceptors (Lipinski definition) is 1. The van der Waals surface area contributed by atoms with Gasteiger partial charge in [-0.15, -0.1) is 0 Å². The average molecular weight is 346 g/mol. The van der Waals surface area contributed by atoms with Crippen LogP contribution in [0.1, 0.15) is 22.9 Å². The number of para-hydroxylation sites is 1. The molecule has 3 aromatic carbocycles. The summed E-state index contributed by atoms with van der Waals surface area (Å²) in [5.74, 6) is 0.413. The number of hydrogen-bond donors (Lipinski definition) is 3. The van der Waals surface area contributed by atoms with E-state index in [1.807, 2.05) is 18.2 Å². The van der Waals surface area contributed by atoms with Crippen LogP contribution in [-0.4, -0.2) is 18.2 Å². The minimum Gasteiger partial charge on any atom is -0.507 e. The van der Waals surface area contributed by atoms with Crippen molar-refractivity contribution in [3.8, 4) is 5.75 Å². The monoisotopic (exact) mass is 346 g/mol. The van der Waals surface area contributed by atoms with E-state index in [0.29, 0.717) is 5.75 Å². The number of quaternary nitrogens is 2. The molecule has 26 heavy (non-hydrogen) atoms. The zero-order chi connectivity index (χ0) is 17.8. The molecule has 3 heteroatoms. The molecule has 0 spiro atoms. The predicted molar refractivity (Wildman–Crippen MR) is 103 cm³/mol. The summed E-state index contributed by atoms with van der Waals surface area (Å²) in [7, 11) is 0. The molecule has 0 radical (unpaired) electrons. The number of rotatable bonds is 5. The molecule has 132 valence electrons. The summed E-state index contributed by atoms with van der Waals surface area (Å²) in [5.41, 5.74) is 3.76. The molecule has 4 rings (SSSR count). The third-order valence-electron chi connectivity index (χ3n) is 5.38. The van der Waals surface area contributed by atoms with Gasteiger partial charge < -0.3 is 5.11 Å². The molecule has 3 aromatic rings. The van der Waals surface area contributed by atoms with Crippen LogP contribution in [0.15, 0.2) is 84.9 Å². The number of phenols is 1. The lowest BCUT2D eigenvalue weighted by Gasteiger charge is -2.25. The van der Waals surface area contributed by atoms with Crippen molar-refractivity contribution in [2.45, 2.75) is 19.3 Å².